The zero-order valence-electron chi connectivity index (χ0n) is 12.9. The van der Waals surface area contributed by atoms with E-state index in [-0.39, 0.29) is 0 Å². The molecule has 0 aliphatic carbocycles. The van der Waals surface area contributed by atoms with E-state index in [1.165, 1.54) is 11.1 Å². The van der Waals surface area contributed by atoms with Gasteiger partial charge in [0.15, 0.2) is 0 Å². The lowest BCUT2D eigenvalue weighted by molar-refractivity contribution is 0.0767. The molecule has 0 amide bonds. The molecule has 0 bridgehead atoms. The van der Waals surface area contributed by atoms with Crippen LogP contribution in [0.2, 0.25) is 0 Å². The number of hydrogen-bond acceptors (Lipinski definition) is 3. The van der Waals surface area contributed by atoms with Crippen LogP contribution in [0.1, 0.15) is 50.8 Å². The van der Waals surface area contributed by atoms with Gasteiger partial charge in [-0.25, -0.2) is 0 Å². The van der Waals surface area contributed by atoms with Crippen LogP contribution in [0.4, 0.5) is 0 Å². The summed E-state index contributed by atoms with van der Waals surface area (Å²) in [5, 5.41) is 3.63. The Bertz CT molecular complexity index is 417. The Labute approximate surface area is 122 Å². The Morgan fingerprint density at radius 2 is 2.20 bits per heavy atom. The number of rotatable bonds is 8. The van der Waals surface area contributed by atoms with E-state index >= 15 is 0 Å². The van der Waals surface area contributed by atoms with Crippen LogP contribution < -0.4 is 10.1 Å². The van der Waals surface area contributed by atoms with Crippen LogP contribution in [0.3, 0.4) is 0 Å². The van der Waals surface area contributed by atoms with Gasteiger partial charge in [-0.2, -0.15) is 0 Å². The van der Waals surface area contributed by atoms with Gasteiger partial charge in [0.1, 0.15) is 5.75 Å². The molecule has 1 aliphatic rings. The van der Waals surface area contributed by atoms with Crippen LogP contribution in [-0.2, 0) is 11.2 Å². The third-order valence-corrected chi connectivity index (χ3v) is 3.69. The van der Waals surface area contributed by atoms with Crippen LogP contribution in [-0.4, -0.2) is 25.9 Å². The molecule has 1 N–H and O–H groups in total. The molecule has 3 nitrogen and oxygen atoms in total. The second kappa shape index (κ2) is 7.65. The van der Waals surface area contributed by atoms with Crippen molar-refractivity contribution in [3.05, 3.63) is 29.3 Å². The van der Waals surface area contributed by atoms with Crippen molar-refractivity contribution < 1.29 is 9.47 Å². The summed E-state index contributed by atoms with van der Waals surface area (Å²) in [6.07, 6.45) is 3.53. The first-order valence-corrected chi connectivity index (χ1v) is 7.81. The average molecular weight is 277 g/mol. The zero-order chi connectivity index (χ0) is 14.4. The maximum Gasteiger partial charge on any atom is 0.122 e. The van der Waals surface area contributed by atoms with Crippen molar-refractivity contribution in [2.75, 3.05) is 19.8 Å². The second-order valence-corrected chi connectivity index (χ2v) is 5.65. The minimum Gasteiger partial charge on any atom is -0.493 e. The normalized spacial score (nSPS) is 15.2. The van der Waals surface area contributed by atoms with Crippen LogP contribution >= 0.6 is 0 Å². The largest absolute Gasteiger partial charge is 0.493 e. The lowest BCUT2D eigenvalue weighted by Gasteiger charge is -2.18. The molecule has 20 heavy (non-hydrogen) atoms. The van der Waals surface area contributed by atoms with Crippen molar-refractivity contribution in [1.82, 2.24) is 5.32 Å². The number of fused-ring (bicyclic) bond motifs is 1. The summed E-state index contributed by atoms with van der Waals surface area (Å²) in [5.74, 6) is 1.06. The number of ether oxygens (including phenoxy) is 2. The van der Waals surface area contributed by atoms with Crippen molar-refractivity contribution in [3.8, 4) is 5.75 Å². The predicted octanol–water partition coefficient (Wildman–Crippen LogP) is 3.48. The van der Waals surface area contributed by atoms with E-state index in [0.29, 0.717) is 12.1 Å². The Balaban J connectivity index is 1.82. The van der Waals surface area contributed by atoms with Gasteiger partial charge < -0.3 is 14.8 Å². The minimum atomic E-state index is 0.327. The van der Waals surface area contributed by atoms with Crippen molar-refractivity contribution in [3.63, 3.8) is 0 Å². The molecule has 1 aliphatic heterocycles. The summed E-state index contributed by atoms with van der Waals surface area (Å²) in [7, 11) is 0. The quantitative estimate of drug-likeness (QED) is 0.738. The van der Waals surface area contributed by atoms with Gasteiger partial charge in [0, 0.05) is 19.1 Å². The van der Waals surface area contributed by atoms with Gasteiger partial charge >= 0.3 is 0 Å². The number of benzene rings is 1. The smallest absolute Gasteiger partial charge is 0.122 e. The van der Waals surface area contributed by atoms with Crippen molar-refractivity contribution >= 4 is 0 Å². The molecule has 2 rings (SSSR count). The SMILES string of the molecule is CCC(NCCCOC(C)C)c1ccc2c(c1)CCO2. The molecule has 3 heteroatoms. The molecule has 112 valence electrons. The van der Waals surface area contributed by atoms with Crippen molar-refractivity contribution in [2.45, 2.75) is 52.2 Å². The molecule has 0 saturated heterocycles. The van der Waals surface area contributed by atoms with Gasteiger partial charge in [-0.15, -0.1) is 0 Å². The summed E-state index contributed by atoms with van der Waals surface area (Å²) in [6, 6.07) is 7.04. The van der Waals surface area contributed by atoms with E-state index in [4.69, 9.17) is 9.47 Å². The summed E-state index contributed by atoms with van der Waals surface area (Å²) in [5.41, 5.74) is 2.73. The molecule has 1 atom stereocenters. The zero-order valence-corrected chi connectivity index (χ0v) is 12.9. The van der Waals surface area contributed by atoms with Gasteiger partial charge in [0.25, 0.3) is 0 Å². The molecule has 1 aromatic carbocycles. The summed E-state index contributed by atoms with van der Waals surface area (Å²) in [4.78, 5) is 0. The molecule has 0 aromatic heterocycles. The topological polar surface area (TPSA) is 30.5 Å². The molecule has 1 unspecified atom stereocenters. The molecule has 0 saturated carbocycles. The van der Waals surface area contributed by atoms with E-state index in [0.717, 1.165) is 44.8 Å². The van der Waals surface area contributed by atoms with Gasteiger partial charge in [-0.3, -0.25) is 0 Å². The molecular weight excluding hydrogens is 250 g/mol. The molecule has 1 aromatic rings. The fraction of sp³-hybridized carbons (Fsp3) is 0.647. The summed E-state index contributed by atoms with van der Waals surface area (Å²) >= 11 is 0. The fourth-order valence-corrected chi connectivity index (χ4v) is 2.59. The first kappa shape index (κ1) is 15.3. The molecule has 0 fully saturated rings. The van der Waals surface area contributed by atoms with Crippen molar-refractivity contribution in [2.24, 2.45) is 0 Å². The van der Waals surface area contributed by atoms with Gasteiger partial charge in [-0.05, 0) is 50.4 Å². The molecule has 0 spiro atoms. The third kappa shape index (κ3) is 4.22. The third-order valence-electron chi connectivity index (χ3n) is 3.69. The highest BCUT2D eigenvalue weighted by molar-refractivity contribution is 5.40. The van der Waals surface area contributed by atoms with E-state index < -0.39 is 0 Å². The van der Waals surface area contributed by atoms with Crippen molar-refractivity contribution in [1.29, 1.82) is 0 Å². The number of hydrogen-bond donors (Lipinski definition) is 1. The van der Waals surface area contributed by atoms with Crippen LogP contribution in [0, 0.1) is 0 Å². The highest BCUT2D eigenvalue weighted by Gasteiger charge is 2.15. The Morgan fingerprint density at radius 3 is 2.95 bits per heavy atom. The van der Waals surface area contributed by atoms with Crippen LogP contribution in [0.5, 0.6) is 5.75 Å². The standard InChI is InChI=1S/C17H27NO2/c1-4-16(18-9-5-10-19-13(2)3)14-6-7-17-15(12-14)8-11-20-17/h6-7,12-13,16,18H,4-5,8-11H2,1-3H3. The van der Waals surface area contributed by atoms with Crippen LogP contribution in [0.25, 0.3) is 0 Å². The Morgan fingerprint density at radius 1 is 1.35 bits per heavy atom. The van der Waals surface area contributed by atoms with Gasteiger partial charge in [0.05, 0.1) is 12.7 Å². The molecule has 1 heterocycles. The molecular formula is C17H27NO2. The van der Waals surface area contributed by atoms with E-state index in [1.807, 2.05) is 0 Å². The highest BCUT2D eigenvalue weighted by atomic mass is 16.5. The molecule has 0 radical (unpaired) electrons. The summed E-state index contributed by atoms with van der Waals surface area (Å²) in [6.45, 7) is 9.04. The van der Waals surface area contributed by atoms with E-state index in [1.54, 1.807) is 0 Å². The van der Waals surface area contributed by atoms with Gasteiger partial charge in [-0.1, -0.05) is 19.1 Å². The lowest BCUT2D eigenvalue weighted by Crippen LogP contribution is -2.23. The minimum absolute atomic E-state index is 0.327. The number of nitrogens with one attached hydrogen (secondary N) is 1. The predicted molar refractivity (Wildman–Crippen MR) is 82.4 cm³/mol. The monoisotopic (exact) mass is 277 g/mol. The fourth-order valence-electron chi connectivity index (χ4n) is 2.59. The van der Waals surface area contributed by atoms with Crippen LogP contribution in [0.15, 0.2) is 18.2 Å². The maximum absolute atomic E-state index is 5.57. The lowest BCUT2D eigenvalue weighted by atomic mass is 10.0. The Kier molecular flexibility index (Phi) is 5.86. The highest BCUT2D eigenvalue weighted by Crippen LogP contribution is 2.29. The first-order chi connectivity index (χ1) is 9.70. The van der Waals surface area contributed by atoms with Gasteiger partial charge in [0.2, 0.25) is 0 Å². The second-order valence-electron chi connectivity index (χ2n) is 5.65. The Hall–Kier alpha value is -1.06. The van der Waals surface area contributed by atoms with E-state index in [9.17, 15) is 0 Å². The summed E-state index contributed by atoms with van der Waals surface area (Å²) < 4.78 is 11.1. The van der Waals surface area contributed by atoms with E-state index in [2.05, 4.69) is 44.3 Å². The average Bonchev–Trinajstić information content (AvgIpc) is 2.89. The maximum atomic E-state index is 5.57. The first-order valence-electron chi connectivity index (χ1n) is 7.81.